The Bertz CT molecular complexity index is 602. The minimum atomic E-state index is 0.224. The van der Waals surface area contributed by atoms with Crippen LogP contribution in [0.25, 0.3) is 0 Å². The molecule has 0 saturated heterocycles. The SMILES string of the molecule is Cc1ccc(Cl)c(Nc2c(N)c(C)nn2C(C)C)c1. The van der Waals surface area contributed by atoms with E-state index in [1.165, 1.54) is 0 Å². The van der Waals surface area contributed by atoms with Crippen LogP contribution in [0.1, 0.15) is 31.1 Å². The van der Waals surface area contributed by atoms with Crippen molar-refractivity contribution in [3.63, 3.8) is 0 Å². The second kappa shape index (κ2) is 5.13. The van der Waals surface area contributed by atoms with Gasteiger partial charge in [-0.1, -0.05) is 17.7 Å². The molecule has 0 atom stereocenters. The van der Waals surface area contributed by atoms with Crippen molar-refractivity contribution < 1.29 is 0 Å². The largest absolute Gasteiger partial charge is 0.394 e. The lowest BCUT2D eigenvalue weighted by molar-refractivity contribution is 0.536. The molecule has 0 aliphatic rings. The number of nitrogens with two attached hydrogens (primary N) is 1. The third-order valence-corrected chi connectivity index (χ3v) is 3.33. The molecule has 1 aromatic heterocycles. The van der Waals surface area contributed by atoms with Crippen LogP contribution in [0.15, 0.2) is 18.2 Å². The number of halogens is 1. The number of aryl methyl sites for hydroxylation is 2. The number of nitrogens with zero attached hydrogens (tertiary/aromatic N) is 2. The van der Waals surface area contributed by atoms with Crippen LogP contribution in [0, 0.1) is 13.8 Å². The van der Waals surface area contributed by atoms with Crippen LogP contribution in [0.5, 0.6) is 0 Å². The van der Waals surface area contributed by atoms with Gasteiger partial charge in [0.15, 0.2) is 5.82 Å². The second-order valence-corrected chi connectivity index (χ2v) is 5.40. The van der Waals surface area contributed by atoms with E-state index < -0.39 is 0 Å². The number of hydrogen-bond donors (Lipinski definition) is 2. The lowest BCUT2D eigenvalue weighted by atomic mass is 10.2. The maximum absolute atomic E-state index is 6.20. The van der Waals surface area contributed by atoms with Crippen molar-refractivity contribution in [2.24, 2.45) is 0 Å². The number of nitrogen functional groups attached to an aromatic ring is 1. The number of rotatable bonds is 3. The molecule has 0 bridgehead atoms. The van der Waals surface area contributed by atoms with Crippen molar-refractivity contribution in [2.75, 3.05) is 11.1 Å². The molecule has 5 heteroatoms. The molecule has 0 fully saturated rings. The molecule has 1 aromatic carbocycles. The number of benzene rings is 1. The summed E-state index contributed by atoms with van der Waals surface area (Å²) in [6, 6.07) is 6.07. The summed E-state index contributed by atoms with van der Waals surface area (Å²) in [6.07, 6.45) is 0. The van der Waals surface area contributed by atoms with Crippen LogP contribution in [0.2, 0.25) is 5.02 Å². The molecule has 2 rings (SSSR count). The summed E-state index contributed by atoms with van der Waals surface area (Å²) in [5.41, 5.74) is 9.55. The minimum absolute atomic E-state index is 0.224. The van der Waals surface area contributed by atoms with Crippen molar-refractivity contribution in [1.29, 1.82) is 0 Å². The highest BCUT2D eigenvalue weighted by Gasteiger charge is 2.15. The van der Waals surface area contributed by atoms with Gasteiger partial charge in [-0.3, -0.25) is 0 Å². The third-order valence-electron chi connectivity index (χ3n) is 3.00. The van der Waals surface area contributed by atoms with Gasteiger partial charge in [-0.25, -0.2) is 4.68 Å². The quantitative estimate of drug-likeness (QED) is 0.890. The highest BCUT2D eigenvalue weighted by Crippen LogP contribution is 2.32. The first-order valence-corrected chi connectivity index (χ1v) is 6.65. The fourth-order valence-corrected chi connectivity index (χ4v) is 2.09. The van der Waals surface area contributed by atoms with Crippen molar-refractivity contribution in [1.82, 2.24) is 9.78 Å². The monoisotopic (exact) mass is 278 g/mol. The number of anilines is 3. The molecule has 0 saturated carbocycles. The van der Waals surface area contributed by atoms with Gasteiger partial charge in [-0.2, -0.15) is 5.10 Å². The Morgan fingerprint density at radius 3 is 2.63 bits per heavy atom. The van der Waals surface area contributed by atoms with Gasteiger partial charge >= 0.3 is 0 Å². The Hall–Kier alpha value is -1.68. The average Bonchev–Trinajstić information content (AvgIpc) is 2.62. The normalized spacial score (nSPS) is 11.1. The van der Waals surface area contributed by atoms with Crippen molar-refractivity contribution in [2.45, 2.75) is 33.7 Å². The van der Waals surface area contributed by atoms with Gasteiger partial charge in [-0.05, 0) is 45.4 Å². The van der Waals surface area contributed by atoms with E-state index in [0.29, 0.717) is 10.7 Å². The van der Waals surface area contributed by atoms with E-state index in [4.69, 9.17) is 17.3 Å². The average molecular weight is 279 g/mol. The zero-order valence-corrected chi connectivity index (χ0v) is 12.4. The summed E-state index contributed by atoms with van der Waals surface area (Å²) < 4.78 is 1.88. The van der Waals surface area contributed by atoms with E-state index in [1.807, 2.05) is 36.7 Å². The summed E-state index contributed by atoms with van der Waals surface area (Å²) in [5, 5.41) is 8.41. The van der Waals surface area contributed by atoms with E-state index in [0.717, 1.165) is 22.8 Å². The maximum atomic E-state index is 6.20. The predicted octanol–water partition coefficient (Wildman–Crippen LogP) is 4.06. The predicted molar refractivity (Wildman–Crippen MR) is 81.2 cm³/mol. The second-order valence-electron chi connectivity index (χ2n) is 4.99. The molecule has 0 radical (unpaired) electrons. The molecule has 0 spiro atoms. The first-order valence-electron chi connectivity index (χ1n) is 6.28. The molecule has 0 aliphatic heterocycles. The number of aromatic nitrogens is 2. The molecule has 102 valence electrons. The van der Waals surface area contributed by atoms with Gasteiger partial charge < -0.3 is 11.1 Å². The van der Waals surface area contributed by atoms with Crippen molar-refractivity contribution in [3.05, 3.63) is 34.5 Å². The topological polar surface area (TPSA) is 55.9 Å². The molecule has 19 heavy (non-hydrogen) atoms. The Morgan fingerprint density at radius 1 is 1.32 bits per heavy atom. The van der Waals surface area contributed by atoms with E-state index in [2.05, 4.69) is 24.3 Å². The Morgan fingerprint density at radius 2 is 2.00 bits per heavy atom. The molecule has 2 aromatic rings. The van der Waals surface area contributed by atoms with Crippen LogP contribution in [-0.2, 0) is 0 Å². The fourth-order valence-electron chi connectivity index (χ4n) is 1.92. The van der Waals surface area contributed by atoms with Gasteiger partial charge in [0.05, 0.1) is 22.1 Å². The number of hydrogen-bond acceptors (Lipinski definition) is 3. The minimum Gasteiger partial charge on any atom is -0.394 e. The zero-order chi connectivity index (χ0) is 14.2. The molecule has 1 heterocycles. The van der Waals surface area contributed by atoms with E-state index in [1.54, 1.807) is 0 Å². The summed E-state index contributed by atoms with van der Waals surface area (Å²) >= 11 is 6.20. The van der Waals surface area contributed by atoms with Crippen LogP contribution in [0.3, 0.4) is 0 Å². The Labute approximate surface area is 118 Å². The Balaban J connectivity index is 2.45. The van der Waals surface area contributed by atoms with Gasteiger partial charge in [0, 0.05) is 6.04 Å². The Kier molecular flexibility index (Phi) is 3.71. The van der Waals surface area contributed by atoms with Crippen LogP contribution in [0.4, 0.5) is 17.2 Å². The molecule has 0 amide bonds. The van der Waals surface area contributed by atoms with Crippen molar-refractivity contribution in [3.8, 4) is 0 Å². The van der Waals surface area contributed by atoms with E-state index in [-0.39, 0.29) is 6.04 Å². The lowest BCUT2D eigenvalue weighted by Gasteiger charge is -2.14. The molecule has 3 N–H and O–H groups in total. The first kappa shape index (κ1) is 13.7. The highest BCUT2D eigenvalue weighted by atomic mass is 35.5. The first-order chi connectivity index (χ1) is 8.90. The fraction of sp³-hybridized carbons (Fsp3) is 0.357. The summed E-state index contributed by atoms with van der Waals surface area (Å²) in [5.74, 6) is 0.792. The smallest absolute Gasteiger partial charge is 0.152 e. The third kappa shape index (κ3) is 2.68. The molecule has 4 nitrogen and oxygen atoms in total. The van der Waals surface area contributed by atoms with E-state index in [9.17, 15) is 0 Å². The van der Waals surface area contributed by atoms with Crippen molar-refractivity contribution >= 4 is 28.8 Å². The van der Waals surface area contributed by atoms with Gasteiger partial charge in [0.25, 0.3) is 0 Å². The van der Waals surface area contributed by atoms with Crippen LogP contribution in [-0.4, -0.2) is 9.78 Å². The van der Waals surface area contributed by atoms with Crippen LogP contribution < -0.4 is 11.1 Å². The molecule has 0 aliphatic carbocycles. The summed E-state index contributed by atoms with van der Waals surface area (Å²) in [6.45, 7) is 8.05. The molecular formula is C14H19ClN4. The van der Waals surface area contributed by atoms with Gasteiger partial charge in [0.2, 0.25) is 0 Å². The lowest BCUT2D eigenvalue weighted by Crippen LogP contribution is -2.08. The van der Waals surface area contributed by atoms with Crippen LogP contribution >= 0.6 is 11.6 Å². The summed E-state index contributed by atoms with van der Waals surface area (Å²) in [4.78, 5) is 0. The molecule has 0 unspecified atom stereocenters. The van der Waals surface area contributed by atoms with Gasteiger partial charge in [-0.15, -0.1) is 0 Å². The highest BCUT2D eigenvalue weighted by molar-refractivity contribution is 6.33. The number of nitrogens with one attached hydrogen (secondary N) is 1. The zero-order valence-electron chi connectivity index (χ0n) is 11.7. The van der Waals surface area contributed by atoms with E-state index >= 15 is 0 Å². The summed E-state index contributed by atoms with van der Waals surface area (Å²) in [7, 11) is 0. The standard InChI is InChI=1S/C14H19ClN4/c1-8(2)19-14(13(16)10(4)18-19)17-12-7-9(3)5-6-11(12)15/h5-8,17H,16H2,1-4H3. The molecular weight excluding hydrogens is 260 g/mol. The maximum Gasteiger partial charge on any atom is 0.152 e. The van der Waals surface area contributed by atoms with Gasteiger partial charge in [0.1, 0.15) is 0 Å².